The average Bonchev–Trinajstić information content (AvgIpc) is 2.21. The predicted molar refractivity (Wildman–Crippen MR) is 64.7 cm³/mol. The first-order valence-electron chi connectivity index (χ1n) is 3.87. The Morgan fingerprint density at radius 2 is 2.00 bits per heavy atom. The molecule has 1 aromatic rings. The van der Waals surface area contributed by atoms with E-state index in [0.29, 0.717) is 11.6 Å². The molecular weight excluding hydrogens is 314 g/mol. The summed E-state index contributed by atoms with van der Waals surface area (Å²) in [6.45, 7) is 0.587. The Morgan fingerprint density at radius 1 is 1.29 bits per heavy atom. The predicted octanol–water partition coefficient (Wildman–Crippen LogP) is 3.09. The summed E-state index contributed by atoms with van der Waals surface area (Å²) in [6.07, 6.45) is 0. The van der Waals surface area contributed by atoms with Gasteiger partial charge in [-0.05, 0) is 28.2 Å². The lowest BCUT2D eigenvalue weighted by Gasteiger charge is -2.04. The highest BCUT2D eigenvalue weighted by Gasteiger charge is 1.92. The van der Waals surface area contributed by atoms with Crippen LogP contribution in [0.2, 0.25) is 5.02 Å². The second-order valence-electron chi connectivity index (χ2n) is 2.34. The monoisotopic (exact) mass is 322 g/mol. The molecule has 14 heavy (non-hydrogen) atoms. The smallest absolute Gasteiger partial charge is 0.190 e. The molecule has 0 amide bonds. The molecule has 0 aliphatic rings. The number of hydrogen-bond donors (Lipinski definition) is 0. The molecular formula is C10H8ClIO2. The third-order valence-electron chi connectivity index (χ3n) is 1.36. The third-order valence-corrected chi connectivity index (χ3v) is 2.00. The van der Waals surface area contributed by atoms with E-state index >= 15 is 0 Å². The van der Waals surface area contributed by atoms with Crippen molar-refractivity contribution < 1.29 is 9.47 Å². The van der Waals surface area contributed by atoms with Gasteiger partial charge in [0.1, 0.15) is 12.4 Å². The van der Waals surface area contributed by atoms with Crippen molar-refractivity contribution in [2.45, 2.75) is 0 Å². The van der Waals surface area contributed by atoms with E-state index in [2.05, 4.69) is 9.85 Å². The molecule has 0 saturated heterocycles. The van der Waals surface area contributed by atoms with Gasteiger partial charge < -0.3 is 9.47 Å². The Balaban J connectivity index is 2.23. The van der Waals surface area contributed by atoms with Gasteiger partial charge >= 0.3 is 0 Å². The van der Waals surface area contributed by atoms with Gasteiger partial charge in [-0.1, -0.05) is 17.5 Å². The van der Waals surface area contributed by atoms with Crippen LogP contribution >= 0.6 is 34.2 Å². The summed E-state index contributed by atoms with van der Waals surface area (Å²) in [4.78, 5) is 0. The van der Waals surface area contributed by atoms with Gasteiger partial charge in [-0.15, -0.1) is 0 Å². The summed E-state index contributed by atoms with van der Waals surface area (Å²) in [7, 11) is 0. The highest BCUT2D eigenvalue weighted by molar-refractivity contribution is 14.1. The normalized spacial score (nSPS) is 9.00. The van der Waals surface area contributed by atoms with Gasteiger partial charge in [0, 0.05) is 27.6 Å². The van der Waals surface area contributed by atoms with Gasteiger partial charge in [-0.2, -0.15) is 0 Å². The number of halogens is 2. The Bertz CT molecular complexity index is 326. The molecule has 4 heteroatoms. The molecule has 0 spiro atoms. The molecule has 1 rings (SSSR count). The van der Waals surface area contributed by atoms with E-state index in [1.807, 2.05) is 22.6 Å². The first kappa shape index (κ1) is 11.6. The van der Waals surface area contributed by atoms with E-state index < -0.39 is 0 Å². The van der Waals surface area contributed by atoms with E-state index in [9.17, 15) is 0 Å². The zero-order valence-corrected chi connectivity index (χ0v) is 10.2. The molecule has 0 fully saturated rings. The molecule has 0 heterocycles. The Kier molecular flexibility index (Phi) is 5.76. The zero-order chi connectivity index (χ0) is 10.2. The molecule has 1 aromatic carbocycles. The third kappa shape index (κ3) is 4.70. The average molecular weight is 323 g/mol. The number of hydrogen-bond acceptors (Lipinski definition) is 2. The molecule has 0 atom stereocenters. The van der Waals surface area contributed by atoms with E-state index in [4.69, 9.17) is 21.1 Å². The maximum absolute atomic E-state index is 5.71. The summed E-state index contributed by atoms with van der Waals surface area (Å²) in [5.74, 6) is 3.49. The minimum absolute atomic E-state index is 0.201. The van der Waals surface area contributed by atoms with Crippen LogP contribution in [0.3, 0.4) is 0 Å². The van der Waals surface area contributed by atoms with Crippen molar-refractivity contribution in [3.05, 3.63) is 29.3 Å². The molecule has 0 N–H and O–H groups in total. The van der Waals surface area contributed by atoms with Crippen LogP contribution in [-0.4, -0.2) is 13.4 Å². The number of benzene rings is 1. The second-order valence-corrected chi connectivity index (χ2v) is 3.31. The van der Waals surface area contributed by atoms with Crippen molar-refractivity contribution in [3.8, 4) is 15.6 Å². The van der Waals surface area contributed by atoms with Crippen molar-refractivity contribution >= 4 is 34.2 Å². The molecule has 2 nitrogen and oxygen atoms in total. The lowest BCUT2D eigenvalue weighted by molar-refractivity contribution is 0.0333. The van der Waals surface area contributed by atoms with Gasteiger partial charge in [0.2, 0.25) is 0 Å². The fourth-order valence-electron chi connectivity index (χ4n) is 0.761. The molecule has 0 aliphatic carbocycles. The van der Waals surface area contributed by atoms with Crippen LogP contribution in [0.1, 0.15) is 0 Å². The minimum Gasteiger partial charge on any atom is -0.468 e. The summed E-state index contributed by atoms with van der Waals surface area (Å²) >= 11 is 7.67. The molecule has 74 valence electrons. The van der Waals surface area contributed by atoms with Crippen molar-refractivity contribution in [3.63, 3.8) is 0 Å². The van der Waals surface area contributed by atoms with Crippen LogP contribution in [-0.2, 0) is 4.74 Å². The van der Waals surface area contributed by atoms with Crippen LogP contribution in [0.25, 0.3) is 0 Å². The van der Waals surface area contributed by atoms with Crippen LogP contribution < -0.4 is 4.74 Å². The summed E-state index contributed by atoms with van der Waals surface area (Å²) in [6, 6.07) is 7.11. The standard InChI is InChI=1S/C10H8ClIO2/c11-9-2-4-10(5-3-9)14-8-13-7-1-6-12/h2-5H,7-8H2. The van der Waals surface area contributed by atoms with E-state index in [0.717, 1.165) is 5.75 Å². The van der Waals surface area contributed by atoms with Crippen LogP contribution in [0.5, 0.6) is 5.75 Å². The number of rotatable bonds is 4. The topological polar surface area (TPSA) is 18.5 Å². The fraction of sp³-hybridized carbons (Fsp3) is 0.200. The SMILES string of the molecule is Clc1ccc(OCOCC#CI)cc1. The van der Waals surface area contributed by atoms with Crippen molar-refractivity contribution in [2.24, 2.45) is 0 Å². The highest BCUT2D eigenvalue weighted by Crippen LogP contribution is 2.15. The first-order chi connectivity index (χ1) is 6.83. The minimum atomic E-state index is 0.201. The van der Waals surface area contributed by atoms with Crippen molar-refractivity contribution in [2.75, 3.05) is 13.4 Å². The maximum atomic E-state index is 5.71. The van der Waals surface area contributed by atoms with Gasteiger partial charge in [0.25, 0.3) is 0 Å². The maximum Gasteiger partial charge on any atom is 0.190 e. The van der Waals surface area contributed by atoms with Gasteiger partial charge in [0.15, 0.2) is 6.79 Å². The van der Waals surface area contributed by atoms with Crippen LogP contribution in [0, 0.1) is 9.85 Å². The lowest BCUT2D eigenvalue weighted by Crippen LogP contribution is -2.02. The molecule has 0 bridgehead atoms. The summed E-state index contributed by atoms with van der Waals surface area (Å²) in [5, 5.41) is 0.689. The summed E-state index contributed by atoms with van der Waals surface area (Å²) < 4.78 is 13.0. The first-order valence-corrected chi connectivity index (χ1v) is 5.33. The van der Waals surface area contributed by atoms with Crippen LogP contribution in [0.15, 0.2) is 24.3 Å². The number of ether oxygens (including phenoxy) is 2. The second kappa shape index (κ2) is 6.93. The van der Waals surface area contributed by atoms with Gasteiger partial charge in [0.05, 0.1) is 0 Å². The Morgan fingerprint density at radius 3 is 2.64 bits per heavy atom. The van der Waals surface area contributed by atoms with E-state index in [1.54, 1.807) is 24.3 Å². The molecule has 0 unspecified atom stereocenters. The Labute approximate surface area is 102 Å². The molecule has 0 saturated carbocycles. The molecule has 0 aromatic heterocycles. The van der Waals surface area contributed by atoms with Crippen LogP contribution in [0.4, 0.5) is 0 Å². The quantitative estimate of drug-likeness (QED) is 0.367. The highest BCUT2D eigenvalue weighted by atomic mass is 127. The largest absolute Gasteiger partial charge is 0.468 e. The summed E-state index contributed by atoms with van der Waals surface area (Å²) in [5.41, 5.74) is 0. The fourth-order valence-corrected chi connectivity index (χ4v) is 1.04. The molecule has 0 aliphatic heterocycles. The van der Waals surface area contributed by atoms with E-state index in [-0.39, 0.29) is 6.79 Å². The van der Waals surface area contributed by atoms with Crippen molar-refractivity contribution in [1.82, 2.24) is 0 Å². The zero-order valence-electron chi connectivity index (χ0n) is 7.30. The van der Waals surface area contributed by atoms with Crippen molar-refractivity contribution in [1.29, 1.82) is 0 Å². The Hall–Kier alpha value is -0.440. The van der Waals surface area contributed by atoms with Gasteiger partial charge in [-0.25, -0.2) is 0 Å². The van der Waals surface area contributed by atoms with E-state index in [1.165, 1.54) is 0 Å². The molecule has 0 radical (unpaired) electrons. The lowest BCUT2D eigenvalue weighted by atomic mass is 10.3. The van der Waals surface area contributed by atoms with Gasteiger partial charge in [-0.3, -0.25) is 0 Å².